The molecule has 6 atom stereocenters. The molecule has 3 aliphatic rings. The van der Waals surface area contributed by atoms with E-state index in [1.165, 1.54) is 31.3 Å². The number of amides is 1. The van der Waals surface area contributed by atoms with Crippen molar-refractivity contribution in [1.82, 2.24) is 5.32 Å². The van der Waals surface area contributed by atoms with Gasteiger partial charge in [-0.25, -0.2) is 0 Å². The smallest absolute Gasteiger partial charge is 0.251 e. The van der Waals surface area contributed by atoms with Crippen LogP contribution in [0.2, 0.25) is 0 Å². The predicted octanol–water partition coefficient (Wildman–Crippen LogP) is 5.25. The number of carbonyl (C=O) groups excluding carboxylic acids is 1. The Balaban J connectivity index is 1.40. The minimum absolute atomic E-state index is 0.0830. The maximum Gasteiger partial charge on any atom is 0.251 e. The molecule has 1 aromatic carbocycles. The molecular formula is C31H45NO4. The molecule has 3 aliphatic carbocycles. The summed E-state index contributed by atoms with van der Waals surface area (Å²) >= 11 is 0. The number of hydrogen-bond acceptors (Lipinski definition) is 4. The summed E-state index contributed by atoms with van der Waals surface area (Å²) in [5.74, 6) is 1.41. The fourth-order valence-corrected chi connectivity index (χ4v) is 7.28. The van der Waals surface area contributed by atoms with Crippen molar-refractivity contribution in [2.75, 3.05) is 6.54 Å². The van der Waals surface area contributed by atoms with Crippen LogP contribution in [0.15, 0.2) is 47.6 Å². The molecule has 5 heteroatoms. The summed E-state index contributed by atoms with van der Waals surface area (Å²) in [5, 5.41) is 33.5. The van der Waals surface area contributed by atoms with Gasteiger partial charge in [0.05, 0.1) is 17.8 Å². The first-order valence-corrected chi connectivity index (χ1v) is 13.8. The van der Waals surface area contributed by atoms with E-state index in [2.05, 4.69) is 31.3 Å². The Morgan fingerprint density at radius 2 is 1.92 bits per heavy atom. The molecule has 3 saturated carbocycles. The van der Waals surface area contributed by atoms with Gasteiger partial charge < -0.3 is 20.6 Å². The van der Waals surface area contributed by atoms with Crippen molar-refractivity contribution in [2.45, 2.75) is 96.9 Å². The highest BCUT2D eigenvalue weighted by Crippen LogP contribution is 2.59. The first-order valence-electron chi connectivity index (χ1n) is 13.8. The van der Waals surface area contributed by atoms with Crippen molar-refractivity contribution in [1.29, 1.82) is 0 Å². The lowest BCUT2D eigenvalue weighted by Crippen LogP contribution is -2.39. The Morgan fingerprint density at radius 1 is 1.19 bits per heavy atom. The molecular weight excluding hydrogens is 450 g/mol. The molecule has 4 N–H and O–H groups in total. The number of benzene rings is 1. The lowest BCUT2D eigenvalue weighted by molar-refractivity contribution is 0.0609. The Hall–Kier alpha value is -1.95. The lowest BCUT2D eigenvalue weighted by atomic mass is 9.61. The molecule has 1 aromatic rings. The summed E-state index contributed by atoms with van der Waals surface area (Å²) in [4.78, 5) is 12.9. The zero-order valence-corrected chi connectivity index (χ0v) is 22.5. The highest BCUT2D eigenvalue weighted by molar-refractivity contribution is 5.94. The van der Waals surface area contributed by atoms with E-state index in [0.29, 0.717) is 49.1 Å². The van der Waals surface area contributed by atoms with Gasteiger partial charge in [-0.15, -0.1) is 0 Å². The summed E-state index contributed by atoms with van der Waals surface area (Å²) < 4.78 is 0. The van der Waals surface area contributed by atoms with Gasteiger partial charge in [0.1, 0.15) is 0 Å². The van der Waals surface area contributed by atoms with E-state index in [1.54, 1.807) is 26.0 Å². The zero-order valence-electron chi connectivity index (χ0n) is 22.5. The van der Waals surface area contributed by atoms with Crippen LogP contribution in [0, 0.1) is 23.2 Å². The summed E-state index contributed by atoms with van der Waals surface area (Å²) in [5.41, 5.74) is 3.26. The van der Waals surface area contributed by atoms with Gasteiger partial charge in [-0.05, 0) is 106 Å². The third kappa shape index (κ3) is 5.95. The van der Waals surface area contributed by atoms with E-state index < -0.39 is 17.8 Å². The molecule has 0 spiro atoms. The number of hydrogen-bond donors (Lipinski definition) is 4. The number of carbonyl (C=O) groups is 1. The fourth-order valence-electron chi connectivity index (χ4n) is 7.28. The Morgan fingerprint density at radius 3 is 2.61 bits per heavy atom. The topological polar surface area (TPSA) is 89.8 Å². The molecule has 0 unspecified atom stereocenters. The first-order chi connectivity index (χ1) is 17.0. The minimum Gasteiger partial charge on any atom is -0.393 e. The van der Waals surface area contributed by atoms with E-state index in [0.717, 1.165) is 17.6 Å². The second kappa shape index (κ2) is 10.8. The van der Waals surface area contributed by atoms with Crippen molar-refractivity contribution in [2.24, 2.45) is 23.2 Å². The van der Waals surface area contributed by atoms with Crippen molar-refractivity contribution in [3.8, 4) is 0 Å². The van der Waals surface area contributed by atoms with Gasteiger partial charge in [0.2, 0.25) is 0 Å². The van der Waals surface area contributed by atoms with Gasteiger partial charge in [-0.1, -0.05) is 49.3 Å². The Kier molecular flexibility index (Phi) is 8.13. The van der Waals surface area contributed by atoms with E-state index >= 15 is 0 Å². The Labute approximate surface area is 216 Å². The third-order valence-corrected chi connectivity index (χ3v) is 9.21. The van der Waals surface area contributed by atoms with Crippen LogP contribution >= 0.6 is 0 Å². The van der Waals surface area contributed by atoms with Crippen molar-refractivity contribution in [3.05, 3.63) is 58.7 Å². The van der Waals surface area contributed by atoms with E-state index in [4.69, 9.17) is 0 Å². The molecule has 0 aromatic heterocycles. The van der Waals surface area contributed by atoms with E-state index in [-0.39, 0.29) is 11.3 Å². The number of rotatable bonds is 6. The molecule has 5 nitrogen and oxygen atoms in total. The number of aliphatic hydroxyl groups excluding tert-OH is 2. The molecule has 0 bridgehead atoms. The Bertz CT molecular complexity index is 994. The van der Waals surface area contributed by atoms with Crippen molar-refractivity contribution < 1.29 is 20.1 Å². The van der Waals surface area contributed by atoms with Gasteiger partial charge in [0.25, 0.3) is 5.91 Å². The predicted molar refractivity (Wildman–Crippen MR) is 143 cm³/mol. The van der Waals surface area contributed by atoms with Gasteiger partial charge in [0, 0.05) is 12.1 Å². The molecule has 1 amide bonds. The van der Waals surface area contributed by atoms with Crippen LogP contribution in [0.25, 0.3) is 0 Å². The summed E-state index contributed by atoms with van der Waals surface area (Å²) in [6.07, 6.45) is 11.3. The number of nitrogens with one attached hydrogen (secondary N) is 1. The highest BCUT2D eigenvalue weighted by atomic mass is 16.3. The standard InChI is InChI=1S/C31H45NO4/c1-20(19-32-29(35)23-7-5-9-24(17-23)30(2,3)36)27-12-13-28-22(8-6-14-31(27,28)4)11-10-21-15-25(33)18-26(34)16-21/h5,7,9-11,17,20,25-28,33-34,36H,6,8,12-16,18-19H2,1-4H3,(H,32,35)/t20-,25-,26-,27-,28+,31-/m1/s1. The van der Waals surface area contributed by atoms with Crippen LogP contribution in [0.5, 0.6) is 0 Å². The van der Waals surface area contributed by atoms with Crippen LogP contribution in [0.4, 0.5) is 0 Å². The number of allylic oxidation sites excluding steroid dienone is 3. The summed E-state index contributed by atoms with van der Waals surface area (Å²) in [6.45, 7) is 8.84. The van der Waals surface area contributed by atoms with Crippen LogP contribution in [-0.2, 0) is 5.60 Å². The molecule has 0 aliphatic heterocycles. The first kappa shape index (κ1) is 27.1. The van der Waals surface area contributed by atoms with Crippen LogP contribution in [-0.4, -0.2) is 40.0 Å². The molecule has 36 heavy (non-hydrogen) atoms. The molecule has 0 radical (unpaired) electrons. The zero-order chi connectivity index (χ0) is 26.1. The van der Waals surface area contributed by atoms with Crippen LogP contribution < -0.4 is 5.32 Å². The molecule has 3 fully saturated rings. The molecule has 4 rings (SSSR count). The fraction of sp³-hybridized carbons (Fsp3) is 0.645. The third-order valence-electron chi connectivity index (χ3n) is 9.21. The maximum absolute atomic E-state index is 12.9. The molecule has 0 saturated heterocycles. The normalized spacial score (nSPS) is 32.8. The van der Waals surface area contributed by atoms with Crippen molar-refractivity contribution >= 4 is 5.91 Å². The largest absolute Gasteiger partial charge is 0.393 e. The van der Waals surface area contributed by atoms with Crippen LogP contribution in [0.1, 0.15) is 95.0 Å². The van der Waals surface area contributed by atoms with Gasteiger partial charge >= 0.3 is 0 Å². The average Bonchev–Trinajstić information content (AvgIpc) is 3.17. The van der Waals surface area contributed by atoms with Gasteiger partial charge in [-0.3, -0.25) is 4.79 Å². The summed E-state index contributed by atoms with van der Waals surface area (Å²) in [6, 6.07) is 7.26. The lowest BCUT2D eigenvalue weighted by Gasteiger charge is -2.44. The van der Waals surface area contributed by atoms with E-state index in [9.17, 15) is 20.1 Å². The second-order valence-electron chi connectivity index (χ2n) is 12.4. The number of aliphatic hydroxyl groups is 3. The highest BCUT2D eigenvalue weighted by Gasteiger charge is 2.50. The maximum atomic E-state index is 12.9. The monoisotopic (exact) mass is 495 g/mol. The minimum atomic E-state index is -0.976. The quantitative estimate of drug-likeness (QED) is 0.434. The summed E-state index contributed by atoms with van der Waals surface area (Å²) in [7, 11) is 0. The van der Waals surface area contributed by atoms with Crippen molar-refractivity contribution in [3.63, 3.8) is 0 Å². The van der Waals surface area contributed by atoms with Gasteiger partial charge in [0.15, 0.2) is 0 Å². The van der Waals surface area contributed by atoms with E-state index in [1.807, 2.05) is 12.1 Å². The average molecular weight is 496 g/mol. The SMILES string of the molecule is C[C@H](CNC(=O)c1cccc(C(C)(C)O)c1)[C@H]1CC[C@H]2C(=CC=C3C[C@@H](O)C[C@H](O)C3)CCC[C@]12C. The second-order valence-corrected chi connectivity index (χ2v) is 12.4. The molecule has 198 valence electrons. The molecule has 0 heterocycles. The van der Waals surface area contributed by atoms with Crippen LogP contribution in [0.3, 0.4) is 0 Å². The number of fused-ring (bicyclic) bond motifs is 1. The van der Waals surface area contributed by atoms with Gasteiger partial charge in [-0.2, -0.15) is 0 Å².